The number of fused-ring (bicyclic) bond motifs is 2. The number of anilines is 1. The van der Waals surface area contributed by atoms with Crippen LogP contribution in [0.15, 0.2) is 53.8 Å². The fraction of sp³-hybridized carbons (Fsp3) is 0.111. The quantitative estimate of drug-likeness (QED) is 0.416. The van der Waals surface area contributed by atoms with E-state index in [1.807, 2.05) is 42.5 Å². The minimum Gasteiger partial charge on any atom is -0.497 e. The molecule has 0 aliphatic rings. The molecular weight excluding hydrogens is 368 g/mol. The van der Waals surface area contributed by atoms with Crippen molar-refractivity contribution >= 4 is 55.3 Å². The normalized spacial score (nSPS) is 11.0. The number of nitrogens with one attached hydrogen (secondary N) is 1. The van der Waals surface area contributed by atoms with Crippen molar-refractivity contribution in [3.63, 3.8) is 0 Å². The predicted octanol–water partition coefficient (Wildman–Crippen LogP) is 3.98. The van der Waals surface area contributed by atoms with Gasteiger partial charge < -0.3 is 10.1 Å². The molecule has 2 aromatic carbocycles. The molecule has 0 aliphatic heterocycles. The monoisotopic (exact) mass is 382 g/mol. The molecule has 0 radical (unpaired) electrons. The summed E-state index contributed by atoms with van der Waals surface area (Å²) >= 11 is 2.81. The van der Waals surface area contributed by atoms with Crippen molar-refractivity contribution in [3.05, 3.63) is 48.8 Å². The van der Waals surface area contributed by atoms with Gasteiger partial charge in [0.2, 0.25) is 5.91 Å². The zero-order valence-electron chi connectivity index (χ0n) is 13.8. The molecule has 0 fully saturated rings. The van der Waals surface area contributed by atoms with Crippen molar-refractivity contribution < 1.29 is 9.53 Å². The van der Waals surface area contributed by atoms with Gasteiger partial charge in [-0.25, -0.2) is 15.0 Å². The first-order valence-electron chi connectivity index (χ1n) is 7.80. The van der Waals surface area contributed by atoms with E-state index in [4.69, 9.17) is 4.74 Å². The number of hydrogen-bond acceptors (Lipinski definition) is 7. The zero-order valence-corrected chi connectivity index (χ0v) is 15.4. The van der Waals surface area contributed by atoms with Gasteiger partial charge in [0.1, 0.15) is 17.1 Å². The molecule has 0 atom stereocenters. The number of thiazole rings is 1. The third kappa shape index (κ3) is 3.47. The van der Waals surface area contributed by atoms with Crippen molar-refractivity contribution in [2.45, 2.75) is 5.03 Å². The zero-order chi connectivity index (χ0) is 17.9. The molecule has 1 N–H and O–H groups in total. The summed E-state index contributed by atoms with van der Waals surface area (Å²) in [5.41, 5.74) is 1.70. The van der Waals surface area contributed by atoms with Crippen LogP contribution in [-0.2, 0) is 4.79 Å². The van der Waals surface area contributed by atoms with Crippen molar-refractivity contribution in [1.29, 1.82) is 0 Å². The van der Waals surface area contributed by atoms with E-state index < -0.39 is 0 Å². The molecule has 0 unspecified atom stereocenters. The molecular formula is C18H14N4O2S2. The van der Waals surface area contributed by atoms with Crippen LogP contribution in [0.4, 0.5) is 5.13 Å². The Kier molecular flexibility index (Phi) is 4.68. The Hall–Kier alpha value is -2.71. The highest BCUT2D eigenvalue weighted by Gasteiger charge is 2.11. The van der Waals surface area contributed by atoms with Crippen LogP contribution >= 0.6 is 23.1 Å². The Morgan fingerprint density at radius 3 is 2.96 bits per heavy atom. The second-order valence-electron chi connectivity index (χ2n) is 5.39. The maximum Gasteiger partial charge on any atom is 0.236 e. The van der Waals surface area contributed by atoms with Crippen LogP contribution in [0, 0.1) is 0 Å². The summed E-state index contributed by atoms with van der Waals surface area (Å²) in [5, 5.41) is 5.16. The molecule has 2 aromatic heterocycles. The van der Waals surface area contributed by atoms with Crippen LogP contribution in [-0.4, -0.2) is 33.7 Å². The second kappa shape index (κ2) is 7.27. The standard InChI is InChI=1S/C18H14N4O2S2/c1-24-11-6-7-14-15(8-11)26-18(21-14)22-16(23)9-25-17-12-4-2-3-5-13(12)19-10-20-17/h2-8,10H,9H2,1H3,(H,21,22,23). The third-order valence-electron chi connectivity index (χ3n) is 3.69. The first-order chi connectivity index (χ1) is 12.7. The summed E-state index contributed by atoms with van der Waals surface area (Å²) in [6.07, 6.45) is 1.52. The number of carbonyl (C=O) groups excluding carboxylic acids is 1. The highest BCUT2D eigenvalue weighted by atomic mass is 32.2. The number of amides is 1. The SMILES string of the molecule is COc1ccc2nc(NC(=O)CSc3ncnc4ccccc34)sc2c1. The second-order valence-corrected chi connectivity index (χ2v) is 7.38. The topological polar surface area (TPSA) is 77.0 Å². The number of nitrogens with zero attached hydrogens (tertiary/aromatic N) is 3. The van der Waals surface area contributed by atoms with Gasteiger partial charge in [0, 0.05) is 5.39 Å². The summed E-state index contributed by atoms with van der Waals surface area (Å²) in [6.45, 7) is 0. The summed E-state index contributed by atoms with van der Waals surface area (Å²) in [4.78, 5) is 25.2. The minimum atomic E-state index is -0.122. The number of methoxy groups -OCH3 is 1. The van der Waals surface area contributed by atoms with Gasteiger partial charge in [-0.3, -0.25) is 4.79 Å². The molecule has 0 saturated heterocycles. The van der Waals surface area contributed by atoms with Gasteiger partial charge in [0.05, 0.1) is 28.6 Å². The summed E-state index contributed by atoms with van der Waals surface area (Å²) in [5.74, 6) is 0.897. The Labute approximate surface area is 157 Å². The molecule has 0 bridgehead atoms. The van der Waals surface area contributed by atoms with E-state index in [1.165, 1.54) is 29.4 Å². The number of carbonyl (C=O) groups is 1. The lowest BCUT2D eigenvalue weighted by Gasteiger charge is -2.04. The fourth-order valence-electron chi connectivity index (χ4n) is 2.47. The smallest absolute Gasteiger partial charge is 0.236 e. The van der Waals surface area contributed by atoms with Gasteiger partial charge in [-0.2, -0.15) is 0 Å². The molecule has 26 heavy (non-hydrogen) atoms. The van der Waals surface area contributed by atoms with E-state index in [0.29, 0.717) is 5.13 Å². The maximum atomic E-state index is 12.3. The molecule has 2 heterocycles. The van der Waals surface area contributed by atoms with Crippen LogP contribution in [0.25, 0.3) is 21.1 Å². The van der Waals surface area contributed by atoms with Gasteiger partial charge in [0.25, 0.3) is 0 Å². The van der Waals surface area contributed by atoms with Crippen LogP contribution in [0.3, 0.4) is 0 Å². The Morgan fingerprint density at radius 1 is 1.19 bits per heavy atom. The van der Waals surface area contributed by atoms with Crippen LogP contribution < -0.4 is 10.1 Å². The first kappa shape index (κ1) is 16.7. The number of rotatable bonds is 5. The van der Waals surface area contributed by atoms with Crippen molar-refractivity contribution in [2.24, 2.45) is 0 Å². The van der Waals surface area contributed by atoms with Gasteiger partial charge in [-0.1, -0.05) is 41.3 Å². The Bertz CT molecular complexity index is 1090. The molecule has 0 spiro atoms. The lowest BCUT2D eigenvalue weighted by atomic mass is 10.2. The lowest BCUT2D eigenvalue weighted by Crippen LogP contribution is -2.13. The van der Waals surface area contributed by atoms with E-state index in [-0.39, 0.29) is 11.7 Å². The Balaban J connectivity index is 1.45. The lowest BCUT2D eigenvalue weighted by molar-refractivity contribution is -0.113. The number of para-hydroxylation sites is 1. The largest absolute Gasteiger partial charge is 0.497 e. The molecule has 4 rings (SSSR count). The van der Waals surface area contributed by atoms with Crippen molar-refractivity contribution in [2.75, 3.05) is 18.2 Å². The molecule has 0 saturated carbocycles. The third-order valence-corrected chi connectivity index (χ3v) is 5.63. The van der Waals surface area contributed by atoms with E-state index in [1.54, 1.807) is 7.11 Å². The van der Waals surface area contributed by atoms with E-state index in [0.717, 1.165) is 31.9 Å². The number of hydrogen-bond donors (Lipinski definition) is 1. The molecule has 8 heteroatoms. The number of thioether (sulfide) groups is 1. The summed E-state index contributed by atoms with van der Waals surface area (Å²) < 4.78 is 6.18. The van der Waals surface area contributed by atoms with Crippen LogP contribution in [0.2, 0.25) is 0 Å². The van der Waals surface area contributed by atoms with Crippen molar-refractivity contribution in [1.82, 2.24) is 15.0 Å². The molecule has 130 valence electrons. The maximum absolute atomic E-state index is 12.3. The van der Waals surface area contributed by atoms with Gasteiger partial charge in [-0.15, -0.1) is 0 Å². The van der Waals surface area contributed by atoms with Gasteiger partial charge in [-0.05, 0) is 24.3 Å². The molecule has 6 nitrogen and oxygen atoms in total. The molecule has 0 aliphatic carbocycles. The summed E-state index contributed by atoms with van der Waals surface area (Å²) in [6, 6.07) is 13.4. The van der Waals surface area contributed by atoms with E-state index >= 15 is 0 Å². The molecule has 4 aromatic rings. The first-order valence-corrected chi connectivity index (χ1v) is 9.60. The van der Waals surface area contributed by atoms with Crippen LogP contribution in [0.5, 0.6) is 5.75 Å². The average Bonchev–Trinajstić information content (AvgIpc) is 3.07. The fourth-order valence-corrected chi connectivity index (χ4v) is 4.17. The highest BCUT2D eigenvalue weighted by Crippen LogP contribution is 2.29. The summed E-state index contributed by atoms with van der Waals surface area (Å²) in [7, 11) is 1.62. The number of ether oxygens (including phenoxy) is 1. The van der Waals surface area contributed by atoms with E-state index in [9.17, 15) is 4.79 Å². The van der Waals surface area contributed by atoms with E-state index in [2.05, 4.69) is 20.3 Å². The highest BCUT2D eigenvalue weighted by molar-refractivity contribution is 8.00. The number of aromatic nitrogens is 3. The minimum absolute atomic E-state index is 0.122. The van der Waals surface area contributed by atoms with Gasteiger partial charge in [0.15, 0.2) is 5.13 Å². The average molecular weight is 382 g/mol. The van der Waals surface area contributed by atoms with Crippen LogP contribution in [0.1, 0.15) is 0 Å². The van der Waals surface area contributed by atoms with Gasteiger partial charge >= 0.3 is 0 Å². The predicted molar refractivity (Wildman–Crippen MR) is 105 cm³/mol. The molecule has 1 amide bonds. The van der Waals surface area contributed by atoms with Crippen molar-refractivity contribution in [3.8, 4) is 5.75 Å². The number of benzene rings is 2. The Morgan fingerprint density at radius 2 is 2.08 bits per heavy atom.